The number of hydrogen-bond donors (Lipinski definition) is 0. The number of fused-ring (bicyclic) bond motifs is 1. The average Bonchev–Trinajstić information content (AvgIpc) is 3.26. The summed E-state index contributed by atoms with van der Waals surface area (Å²) in [6, 6.07) is 8.27. The van der Waals surface area contributed by atoms with Crippen molar-refractivity contribution in [3.05, 3.63) is 80.9 Å². The first-order valence-electron chi connectivity index (χ1n) is 12.1. The van der Waals surface area contributed by atoms with Crippen molar-refractivity contribution in [3.8, 4) is 16.9 Å². The first-order valence-corrected chi connectivity index (χ1v) is 13.1. The molecule has 198 valence electrons. The van der Waals surface area contributed by atoms with E-state index in [9.17, 15) is 13.6 Å². The summed E-state index contributed by atoms with van der Waals surface area (Å²) in [6.45, 7) is 4.02. The van der Waals surface area contributed by atoms with Crippen LogP contribution in [0.3, 0.4) is 0 Å². The van der Waals surface area contributed by atoms with Crippen molar-refractivity contribution in [2.45, 2.75) is 24.4 Å². The lowest BCUT2D eigenvalue weighted by atomic mass is 9.94. The average molecular weight is 532 g/mol. The van der Waals surface area contributed by atoms with Crippen LogP contribution in [0.15, 0.2) is 46.2 Å². The molecule has 1 aliphatic rings. The van der Waals surface area contributed by atoms with Gasteiger partial charge in [0.25, 0.3) is 5.56 Å². The predicted molar refractivity (Wildman–Crippen MR) is 142 cm³/mol. The largest absolute Gasteiger partial charge is 0.494 e. The molecule has 0 amide bonds. The number of rotatable bonds is 9. The van der Waals surface area contributed by atoms with Gasteiger partial charge in [-0.15, -0.1) is 11.8 Å². The number of hydrogen-bond acceptors (Lipinski definition) is 5. The van der Waals surface area contributed by atoms with Gasteiger partial charge in [0.15, 0.2) is 11.6 Å². The second-order valence-electron chi connectivity index (χ2n) is 9.69. The highest BCUT2D eigenvalue weighted by atomic mass is 32.2. The van der Waals surface area contributed by atoms with E-state index < -0.39 is 17.5 Å². The Hall–Kier alpha value is -2.75. The van der Waals surface area contributed by atoms with E-state index in [2.05, 4.69) is 9.80 Å². The maximum absolute atomic E-state index is 15.4. The number of halogens is 3. The van der Waals surface area contributed by atoms with E-state index in [1.165, 1.54) is 43.1 Å². The SMILES string of the molecule is COc1cccc(-c2c(C)c(Cc3c(F)cccc3F)c3n(c2=O)C(CN(C)CCN(C)C)CS3)c1F. The number of thioether (sulfide) groups is 1. The van der Waals surface area contributed by atoms with Crippen LogP contribution in [0.25, 0.3) is 11.1 Å². The maximum atomic E-state index is 15.4. The van der Waals surface area contributed by atoms with Crippen LogP contribution in [-0.2, 0) is 6.42 Å². The summed E-state index contributed by atoms with van der Waals surface area (Å²) in [5, 5.41) is 0.684. The number of nitrogens with zero attached hydrogens (tertiary/aromatic N) is 3. The molecule has 37 heavy (non-hydrogen) atoms. The highest BCUT2D eigenvalue weighted by molar-refractivity contribution is 7.99. The van der Waals surface area contributed by atoms with Gasteiger partial charge in [-0.3, -0.25) is 9.36 Å². The van der Waals surface area contributed by atoms with Gasteiger partial charge in [0.1, 0.15) is 11.6 Å². The molecule has 0 spiro atoms. The lowest BCUT2D eigenvalue weighted by Crippen LogP contribution is -2.36. The molecular formula is C28H32F3N3O2S. The fourth-order valence-electron chi connectivity index (χ4n) is 4.79. The minimum absolute atomic E-state index is 0.0258. The Labute approximate surface area is 219 Å². The third kappa shape index (κ3) is 5.44. The van der Waals surface area contributed by atoms with E-state index in [0.717, 1.165) is 13.1 Å². The van der Waals surface area contributed by atoms with E-state index in [1.807, 2.05) is 21.1 Å². The standard InChI is InChI=1S/C28H32F3N3O2S/c1-17-20(14-21-22(29)9-7-10-23(21)30)28-34(18(16-37-28)15-33(4)13-12-32(2)3)27(35)25(17)19-8-6-11-24(36-5)26(19)31/h6-11,18H,12-16H2,1-5H3. The number of methoxy groups -OCH3 is 1. The molecule has 0 N–H and O–H groups in total. The Bertz CT molecular complexity index is 1340. The lowest BCUT2D eigenvalue weighted by Gasteiger charge is -2.25. The van der Waals surface area contributed by atoms with Gasteiger partial charge in [-0.25, -0.2) is 13.2 Å². The zero-order valence-electron chi connectivity index (χ0n) is 21.8. The monoisotopic (exact) mass is 531 g/mol. The Kier molecular flexibility index (Phi) is 8.36. The molecule has 1 unspecified atom stereocenters. The van der Waals surface area contributed by atoms with Crippen LogP contribution in [0.2, 0.25) is 0 Å². The molecule has 0 saturated heterocycles. The first-order chi connectivity index (χ1) is 17.6. The van der Waals surface area contributed by atoms with Gasteiger partial charge < -0.3 is 14.5 Å². The fraction of sp³-hybridized carbons (Fsp3) is 0.393. The minimum atomic E-state index is -0.651. The predicted octanol–water partition coefficient (Wildman–Crippen LogP) is 4.98. The number of aromatic nitrogens is 1. The third-order valence-corrected chi connectivity index (χ3v) is 8.10. The molecule has 9 heteroatoms. The van der Waals surface area contributed by atoms with Crippen molar-refractivity contribution < 1.29 is 17.9 Å². The lowest BCUT2D eigenvalue weighted by molar-refractivity contribution is 0.251. The van der Waals surface area contributed by atoms with Crippen LogP contribution < -0.4 is 10.3 Å². The maximum Gasteiger partial charge on any atom is 0.260 e. The van der Waals surface area contributed by atoms with Crippen LogP contribution in [0.1, 0.15) is 22.7 Å². The van der Waals surface area contributed by atoms with E-state index in [1.54, 1.807) is 23.6 Å². The molecule has 3 aromatic rings. The Morgan fingerprint density at radius 1 is 1.03 bits per heavy atom. The highest BCUT2D eigenvalue weighted by Gasteiger charge is 2.32. The Balaban J connectivity index is 1.90. The van der Waals surface area contributed by atoms with Crippen molar-refractivity contribution in [2.75, 3.05) is 53.6 Å². The molecule has 0 radical (unpaired) electrons. The summed E-state index contributed by atoms with van der Waals surface area (Å²) in [4.78, 5) is 18.3. The van der Waals surface area contributed by atoms with E-state index in [-0.39, 0.29) is 40.5 Å². The Morgan fingerprint density at radius 2 is 1.70 bits per heavy atom. The molecule has 2 heterocycles. The molecule has 1 aliphatic heterocycles. The summed E-state index contributed by atoms with van der Waals surface area (Å²) in [5.74, 6) is -1.28. The minimum Gasteiger partial charge on any atom is -0.494 e. The summed E-state index contributed by atoms with van der Waals surface area (Å²) >= 11 is 1.51. The van der Waals surface area contributed by atoms with E-state index in [0.29, 0.717) is 28.5 Å². The molecule has 0 aliphatic carbocycles. The van der Waals surface area contributed by atoms with Crippen LogP contribution in [-0.4, -0.2) is 68.0 Å². The topological polar surface area (TPSA) is 37.7 Å². The molecular weight excluding hydrogens is 499 g/mol. The van der Waals surface area contributed by atoms with Gasteiger partial charge >= 0.3 is 0 Å². The van der Waals surface area contributed by atoms with Gasteiger partial charge in [0.2, 0.25) is 0 Å². The molecule has 0 bridgehead atoms. The summed E-state index contributed by atoms with van der Waals surface area (Å²) in [6.07, 6.45) is -0.0469. The van der Waals surface area contributed by atoms with Crippen LogP contribution in [0, 0.1) is 24.4 Å². The molecule has 0 fully saturated rings. The quantitative estimate of drug-likeness (QED) is 0.389. The zero-order chi connectivity index (χ0) is 26.9. The molecule has 1 aromatic heterocycles. The smallest absolute Gasteiger partial charge is 0.260 e. The molecule has 2 aromatic carbocycles. The van der Waals surface area contributed by atoms with Crippen LogP contribution in [0.5, 0.6) is 5.75 Å². The second kappa shape index (κ2) is 11.3. The molecule has 0 saturated carbocycles. The van der Waals surface area contributed by atoms with Gasteiger partial charge in [-0.1, -0.05) is 18.2 Å². The summed E-state index contributed by atoms with van der Waals surface area (Å²) in [7, 11) is 7.38. The van der Waals surface area contributed by atoms with Crippen LogP contribution in [0.4, 0.5) is 13.2 Å². The third-order valence-electron chi connectivity index (χ3n) is 6.83. The zero-order valence-corrected chi connectivity index (χ0v) is 22.6. The van der Waals surface area contributed by atoms with Crippen molar-refractivity contribution >= 4 is 11.8 Å². The van der Waals surface area contributed by atoms with Crippen molar-refractivity contribution in [3.63, 3.8) is 0 Å². The van der Waals surface area contributed by atoms with Crippen molar-refractivity contribution in [1.82, 2.24) is 14.4 Å². The number of ether oxygens (including phenoxy) is 1. The highest BCUT2D eigenvalue weighted by Crippen LogP contribution is 2.41. The van der Waals surface area contributed by atoms with Crippen molar-refractivity contribution in [1.29, 1.82) is 0 Å². The number of pyridine rings is 1. The van der Waals surface area contributed by atoms with Gasteiger partial charge in [0, 0.05) is 42.9 Å². The van der Waals surface area contributed by atoms with E-state index >= 15 is 4.39 Å². The number of likely N-dealkylation sites (N-methyl/N-ethyl adjacent to an activating group) is 2. The van der Waals surface area contributed by atoms with Gasteiger partial charge in [-0.05, 0) is 57.4 Å². The molecule has 5 nitrogen and oxygen atoms in total. The fourth-order valence-corrected chi connectivity index (χ4v) is 6.16. The van der Waals surface area contributed by atoms with Gasteiger partial charge in [0.05, 0.1) is 23.7 Å². The number of benzene rings is 2. The summed E-state index contributed by atoms with van der Waals surface area (Å²) < 4.78 is 51.7. The molecule has 1 atom stereocenters. The second-order valence-corrected chi connectivity index (χ2v) is 10.7. The van der Waals surface area contributed by atoms with E-state index in [4.69, 9.17) is 4.74 Å². The van der Waals surface area contributed by atoms with Gasteiger partial charge in [-0.2, -0.15) is 0 Å². The van der Waals surface area contributed by atoms with Crippen molar-refractivity contribution in [2.24, 2.45) is 0 Å². The van der Waals surface area contributed by atoms with Crippen LogP contribution >= 0.6 is 11.8 Å². The summed E-state index contributed by atoms with van der Waals surface area (Å²) in [5.41, 5.74) is 1.06. The first kappa shape index (κ1) is 27.3. The normalized spacial score (nSPS) is 15.0. The molecule has 4 rings (SSSR count). The Morgan fingerprint density at radius 3 is 2.35 bits per heavy atom.